The number of nitrogens with one attached hydrogen (secondary N) is 2. The number of rotatable bonds is 5. The van der Waals surface area contributed by atoms with Gasteiger partial charge in [0.2, 0.25) is 5.91 Å². The number of benzene rings is 1. The number of carbonyl (C=O) groups is 2. The molecule has 1 fully saturated rings. The van der Waals surface area contributed by atoms with E-state index in [1.165, 1.54) is 0 Å². The van der Waals surface area contributed by atoms with Crippen LogP contribution in [0.15, 0.2) is 24.3 Å². The summed E-state index contributed by atoms with van der Waals surface area (Å²) >= 11 is 0. The summed E-state index contributed by atoms with van der Waals surface area (Å²) in [5, 5.41) is 5.91. The summed E-state index contributed by atoms with van der Waals surface area (Å²) < 4.78 is 5.16. The van der Waals surface area contributed by atoms with Crippen LogP contribution in [0.25, 0.3) is 0 Å². The number of carbonyl (C=O) groups excluding carboxylic acids is 2. The van der Waals surface area contributed by atoms with Gasteiger partial charge in [-0.25, -0.2) is 4.79 Å². The largest absolute Gasteiger partial charge is 0.444 e. The van der Waals surface area contributed by atoms with Gasteiger partial charge in [-0.05, 0) is 51.5 Å². The lowest BCUT2D eigenvalue weighted by atomic mass is 10.2. The summed E-state index contributed by atoms with van der Waals surface area (Å²) in [6.45, 7) is 7.36. The van der Waals surface area contributed by atoms with Crippen LogP contribution in [0.3, 0.4) is 0 Å². The minimum absolute atomic E-state index is 0.187. The number of anilines is 2. The Morgan fingerprint density at radius 1 is 1.22 bits per heavy atom. The minimum Gasteiger partial charge on any atom is -0.444 e. The highest BCUT2D eigenvalue weighted by Gasteiger charge is 2.21. The van der Waals surface area contributed by atoms with Crippen LogP contribution < -0.4 is 15.5 Å². The molecule has 0 atom stereocenters. The van der Waals surface area contributed by atoms with E-state index in [4.69, 9.17) is 4.74 Å². The van der Waals surface area contributed by atoms with Gasteiger partial charge in [-0.3, -0.25) is 4.79 Å². The summed E-state index contributed by atoms with van der Waals surface area (Å²) in [6, 6.07) is 7.75. The van der Waals surface area contributed by atoms with Crippen LogP contribution >= 0.6 is 0 Å². The number of hydrogen-bond acceptors (Lipinski definition) is 4. The average molecular weight is 319 g/mol. The van der Waals surface area contributed by atoms with Crippen LogP contribution in [0.2, 0.25) is 0 Å². The van der Waals surface area contributed by atoms with Crippen LogP contribution in [0.5, 0.6) is 0 Å². The van der Waals surface area contributed by atoms with Crippen molar-refractivity contribution in [2.45, 2.75) is 39.2 Å². The molecule has 1 aliphatic rings. The number of hydrogen-bond donors (Lipinski definition) is 2. The van der Waals surface area contributed by atoms with Crippen molar-refractivity contribution in [3.05, 3.63) is 24.3 Å². The van der Waals surface area contributed by atoms with E-state index >= 15 is 0 Å². The Bertz CT molecular complexity index is 549. The minimum atomic E-state index is -0.486. The molecule has 0 radical (unpaired) electrons. The van der Waals surface area contributed by atoms with Crippen molar-refractivity contribution in [3.8, 4) is 0 Å². The number of ether oxygens (including phenoxy) is 1. The summed E-state index contributed by atoms with van der Waals surface area (Å²) in [5.74, 6) is 0.187. The molecule has 1 aromatic rings. The molecule has 1 aliphatic heterocycles. The van der Waals surface area contributed by atoms with E-state index in [1.54, 1.807) is 0 Å². The highest BCUT2D eigenvalue weighted by atomic mass is 16.6. The molecule has 0 saturated carbocycles. The predicted octanol–water partition coefficient (Wildman–Crippen LogP) is 2.75. The lowest BCUT2D eigenvalue weighted by Crippen LogP contribution is -2.35. The van der Waals surface area contributed by atoms with Crippen LogP contribution in [-0.2, 0) is 9.53 Å². The Morgan fingerprint density at radius 2 is 1.91 bits per heavy atom. The van der Waals surface area contributed by atoms with Crippen LogP contribution in [0.4, 0.5) is 16.2 Å². The molecule has 0 bridgehead atoms. The zero-order valence-electron chi connectivity index (χ0n) is 14.0. The first-order valence-electron chi connectivity index (χ1n) is 7.96. The zero-order valence-corrected chi connectivity index (χ0v) is 14.0. The number of alkyl carbamates (subject to hydrolysis) is 1. The Morgan fingerprint density at radius 3 is 2.48 bits per heavy atom. The molecule has 2 amide bonds. The van der Waals surface area contributed by atoms with E-state index in [2.05, 4.69) is 10.6 Å². The Balaban J connectivity index is 1.72. The molecule has 2 rings (SSSR count). The van der Waals surface area contributed by atoms with E-state index in [0.29, 0.717) is 19.5 Å². The van der Waals surface area contributed by atoms with E-state index < -0.39 is 11.7 Å². The van der Waals surface area contributed by atoms with Crippen LogP contribution in [0.1, 0.15) is 33.6 Å². The highest BCUT2D eigenvalue weighted by Crippen LogP contribution is 2.22. The van der Waals surface area contributed by atoms with Crippen molar-refractivity contribution in [3.63, 3.8) is 0 Å². The monoisotopic (exact) mass is 319 g/mol. The number of nitrogens with zero attached hydrogens (tertiary/aromatic N) is 1. The highest BCUT2D eigenvalue weighted by molar-refractivity contribution is 5.95. The smallest absolute Gasteiger partial charge is 0.407 e. The van der Waals surface area contributed by atoms with Crippen molar-refractivity contribution >= 4 is 23.4 Å². The van der Waals surface area contributed by atoms with Gasteiger partial charge in [-0.1, -0.05) is 0 Å². The quantitative estimate of drug-likeness (QED) is 0.819. The lowest BCUT2D eigenvalue weighted by Gasteiger charge is -2.19. The summed E-state index contributed by atoms with van der Waals surface area (Å²) in [5.41, 5.74) is 1.40. The Kier molecular flexibility index (Phi) is 5.47. The third-order valence-electron chi connectivity index (χ3n) is 3.37. The SMILES string of the molecule is CC(C)(C)OC(=O)NCCNc1ccc(N2CCCC2=O)cc1. The molecule has 23 heavy (non-hydrogen) atoms. The van der Waals surface area contributed by atoms with Gasteiger partial charge in [0.15, 0.2) is 0 Å². The second kappa shape index (κ2) is 7.35. The molecule has 2 N–H and O–H groups in total. The third kappa shape index (κ3) is 5.47. The molecular formula is C17H25N3O3. The summed E-state index contributed by atoms with van der Waals surface area (Å²) in [7, 11) is 0. The lowest BCUT2D eigenvalue weighted by molar-refractivity contribution is -0.117. The van der Waals surface area contributed by atoms with Gasteiger partial charge >= 0.3 is 6.09 Å². The van der Waals surface area contributed by atoms with Gasteiger partial charge in [0, 0.05) is 37.4 Å². The fourth-order valence-electron chi connectivity index (χ4n) is 2.37. The van der Waals surface area contributed by atoms with E-state index in [-0.39, 0.29) is 5.91 Å². The maximum absolute atomic E-state index is 11.7. The van der Waals surface area contributed by atoms with Gasteiger partial charge in [0.05, 0.1) is 0 Å². The maximum Gasteiger partial charge on any atom is 0.407 e. The predicted molar refractivity (Wildman–Crippen MR) is 90.8 cm³/mol. The molecule has 0 unspecified atom stereocenters. The first-order chi connectivity index (χ1) is 10.8. The zero-order chi connectivity index (χ0) is 16.9. The second-order valence-corrected chi connectivity index (χ2v) is 6.55. The molecule has 6 heteroatoms. The van der Waals surface area contributed by atoms with Crippen molar-refractivity contribution < 1.29 is 14.3 Å². The third-order valence-corrected chi connectivity index (χ3v) is 3.37. The van der Waals surface area contributed by atoms with Gasteiger partial charge in [-0.2, -0.15) is 0 Å². The molecule has 126 valence electrons. The molecular weight excluding hydrogens is 294 g/mol. The van der Waals surface area contributed by atoms with Gasteiger partial charge < -0.3 is 20.3 Å². The van der Waals surface area contributed by atoms with Gasteiger partial charge in [-0.15, -0.1) is 0 Å². The van der Waals surface area contributed by atoms with Gasteiger partial charge in [0.25, 0.3) is 0 Å². The van der Waals surface area contributed by atoms with E-state index in [1.807, 2.05) is 49.9 Å². The molecule has 1 aromatic carbocycles. The molecule has 1 saturated heterocycles. The normalized spacial score (nSPS) is 14.7. The molecule has 0 aliphatic carbocycles. The topological polar surface area (TPSA) is 70.7 Å². The van der Waals surface area contributed by atoms with Crippen molar-refractivity contribution in [2.75, 3.05) is 29.9 Å². The van der Waals surface area contributed by atoms with Crippen molar-refractivity contribution in [1.29, 1.82) is 0 Å². The van der Waals surface area contributed by atoms with E-state index in [0.717, 1.165) is 24.3 Å². The Labute approximate surface area is 137 Å². The fourth-order valence-corrected chi connectivity index (χ4v) is 2.37. The van der Waals surface area contributed by atoms with Crippen molar-refractivity contribution in [1.82, 2.24) is 5.32 Å². The van der Waals surface area contributed by atoms with Crippen LogP contribution in [-0.4, -0.2) is 37.2 Å². The number of amides is 2. The second-order valence-electron chi connectivity index (χ2n) is 6.55. The molecule has 0 aromatic heterocycles. The molecule has 6 nitrogen and oxygen atoms in total. The standard InChI is InChI=1S/C17H25N3O3/c1-17(2,3)23-16(22)19-11-10-18-13-6-8-14(9-7-13)20-12-4-5-15(20)21/h6-9,18H,4-5,10-12H2,1-3H3,(H,19,22). The van der Waals surface area contributed by atoms with Crippen LogP contribution in [0, 0.1) is 0 Å². The maximum atomic E-state index is 11.7. The van der Waals surface area contributed by atoms with Gasteiger partial charge in [0.1, 0.15) is 5.60 Å². The first kappa shape index (κ1) is 17.1. The average Bonchev–Trinajstić information content (AvgIpc) is 2.89. The molecule has 0 spiro atoms. The summed E-state index contributed by atoms with van der Waals surface area (Å²) in [4.78, 5) is 25.0. The fraction of sp³-hybridized carbons (Fsp3) is 0.529. The van der Waals surface area contributed by atoms with Crippen molar-refractivity contribution in [2.24, 2.45) is 0 Å². The first-order valence-corrected chi connectivity index (χ1v) is 7.96. The summed E-state index contributed by atoms with van der Waals surface area (Å²) in [6.07, 6.45) is 1.15. The Hall–Kier alpha value is -2.24. The van der Waals surface area contributed by atoms with E-state index in [9.17, 15) is 9.59 Å². The molecule has 1 heterocycles.